The highest BCUT2D eigenvalue weighted by molar-refractivity contribution is 9.10. The number of ether oxygens (including phenoxy) is 4. The van der Waals surface area contributed by atoms with E-state index >= 15 is 0 Å². The first kappa shape index (κ1) is 12.4. The molecule has 2 heterocycles. The topological polar surface area (TPSA) is 54.0 Å². The predicted molar refractivity (Wildman–Crippen MR) is 75.0 cm³/mol. The minimum atomic E-state index is -0.700. The number of carbonyl (C=O) groups excluding carboxylic acids is 1. The summed E-state index contributed by atoms with van der Waals surface area (Å²) in [5, 5.41) is 0. The minimum absolute atomic E-state index is 0.126. The maximum absolute atomic E-state index is 12.8. The Morgan fingerprint density at radius 3 is 1.86 bits per heavy atom. The van der Waals surface area contributed by atoms with Crippen LogP contribution >= 0.6 is 15.9 Å². The highest BCUT2D eigenvalue weighted by Crippen LogP contribution is 3.01. The van der Waals surface area contributed by atoms with E-state index in [9.17, 15) is 4.79 Å². The quantitative estimate of drug-likeness (QED) is 0.645. The minimum Gasteiger partial charge on any atom is -0.346 e. The van der Waals surface area contributed by atoms with Gasteiger partial charge in [-0.2, -0.15) is 0 Å². The summed E-state index contributed by atoms with van der Waals surface area (Å²) < 4.78 is 24.8. The molecule has 2 spiro atoms. The molecule has 0 aromatic carbocycles. The number of hydrogen-bond donors (Lipinski definition) is 0. The van der Waals surface area contributed by atoms with E-state index < -0.39 is 17.0 Å². The van der Waals surface area contributed by atoms with Crippen LogP contribution in [0.25, 0.3) is 0 Å². The summed E-state index contributed by atoms with van der Waals surface area (Å²) in [7, 11) is 0. The summed E-state index contributed by atoms with van der Waals surface area (Å²) in [5.41, 5.74) is -0.440. The van der Waals surface area contributed by atoms with E-state index in [-0.39, 0.29) is 21.9 Å². The molecule has 2 saturated heterocycles. The second-order valence-electron chi connectivity index (χ2n) is 8.08. The van der Waals surface area contributed by atoms with Crippen molar-refractivity contribution in [3.63, 3.8) is 0 Å². The number of ketones is 1. The summed E-state index contributed by atoms with van der Waals surface area (Å²) in [6, 6.07) is 0. The highest BCUT2D eigenvalue weighted by atomic mass is 79.9. The molecule has 5 nitrogen and oxygen atoms in total. The van der Waals surface area contributed by atoms with Crippen molar-refractivity contribution in [2.75, 3.05) is 26.4 Å². The molecule has 0 N–H and O–H groups in total. The number of alkyl halides is 1. The van der Waals surface area contributed by atoms with Gasteiger partial charge >= 0.3 is 0 Å². The van der Waals surface area contributed by atoms with Gasteiger partial charge in [0.05, 0.1) is 36.2 Å². The van der Waals surface area contributed by atoms with Gasteiger partial charge in [-0.3, -0.25) is 4.79 Å². The number of Topliss-reactive ketones (excluding diaryl/α,β-unsaturated/α-hetero) is 1. The van der Waals surface area contributed by atoms with E-state index in [0.717, 1.165) is 0 Å². The Morgan fingerprint density at radius 1 is 0.818 bits per heavy atom. The molecule has 6 saturated carbocycles. The summed E-state index contributed by atoms with van der Waals surface area (Å²) >= 11 is 4.05. The number of carbonyl (C=O) groups is 1. The van der Waals surface area contributed by atoms with Crippen molar-refractivity contribution in [3.8, 4) is 0 Å². The molecule has 2 aliphatic heterocycles. The van der Waals surface area contributed by atoms with Gasteiger partial charge < -0.3 is 18.9 Å². The molecule has 6 heteroatoms. The molecule has 0 unspecified atom stereocenters. The van der Waals surface area contributed by atoms with Crippen LogP contribution in [0.1, 0.15) is 6.92 Å². The van der Waals surface area contributed by atoms with Gasteiger partial charge in [-0.15, -0.1) is 0 Å². The molecule has 8 atom stereocenters. The Bertz CT molecular complexity index is 653. The largest absolute Gasteiger partial charge is 0.346 e. The SMILES string of the molecule is CC(=O)[C@]12[C@@H]3[C@H]4[C@H]([C@@H]5[C@@H]1[C@H]3[C@@]4(Br)C51OCCO1)C21OCCO1. The van der Waals surface area contributed by atoms with Crippen LogP contribution in [0.3, 0.4) is 0 Å². The zero-order chi connectivity index (χ0) is 14.7. The molecule has 4 bridgehead atoms. The van der Waals surface area contributed by atoms with Crippen LogP contribution in [0.15, 0.2) is 0 Å². The lowest BCUT2D eigenvalue weighted by Gasteiger charge is -2.70. The van der Waals surface area contributed by atoms with Gasteiger partial charge in [0, 0.05) is 11.8 Å². The molecular formula is C16H17BrO5. The first-order valence-electron chi connectivity index (χ1n) is 8.35. The van der Waals surface area contributed by atoms with Crippen LogP contribution in [0.5, 0.6) is 0 Å². The van der Waals surface area contributed by atoms with Gasteiger partial charge in [0.15, 0.2) is 11.6 Å². The third-order valence-electron chi connectivity index (χ3n) is 8.35. The van der Waals surface area contributed by atoms with Crippen molar-refractivity contribution >= 4 is 21.7 Å². The smallest absolute Gasteiger partial charge is 0.188 e. The normalized spacial score (nSPS) is 65.5. The van der Waals surface area contributed by atoms with E-state index in [0.29, 0.717) is 50.1 Å². The van der Waals surface area contributed by atoms with Crippen molar-refractivity contribution in [2.24, 2.45) is 40.9 Å². The van der Waals surface area contributed by atoms with E-state index in [4.69, 9.17) is 18.9 Å². The number of rotatable bonds is 1. The Hall–Kier alpha value is -0.0100. The number of halogens is 1. The van der Waals surface area contributed by atoms with Gasteiger partial charge in [0.2, 0.25) is 0 Å². The standard InChI is InChI=1S/C16H17BrO5/c1-6(18)13-7-9-8(13)11-12(15(13)19-2-3-20-15)10(7)14(9,17)16(11)21-4-5-22-16/h7-12H,2-5H2,1H3/t7-,8-,9-,10-,11-,12+,13-,14-/m0/s1. The zero-order valence-electron chi connectivity index (χ0n) is 12.2. The fourth-order valence-electron chi connectivity index (χ4n) is 8.55. The maximum Gasteiger partial charge on any atom is 0.188 e. The third kappa shape index (κ3) is 0.693. The summed E-state index contributed by atoms with van der Waals surface area (Å²) in [5.74, 6) is 1.01. The van der Waals surface area contributed by atoms with Crippen molar-refractivity contribution in [2.45, 2.75) is 22.8 Å². The van der Waals surface area contributed by atoms with Crippen molar-refractivity contribution < 1.29 is 23.7 Å². The van der Waals surface area contributed by atoms with E-state index in [1.165, 1.54) is 0 Å². The summed E-state index contributed by atoms with van der Waals surface area (Å²) in [4.78, 5) is 12.8. The second kappa shape index (κ2) is 2.99. The van der Waals surface area contributed by atoms with E-state index in [1.54, 1.807) is 6.92 Å². The number of hydrogen-bond acceptors (Lipinski definition) is 5. The Kier molecular flexibility index (Phi) is 1.68. The van der Waals surface area contributed by atoms with Gasteiger partial charge in [0.1, 0.15) is 5.78 Å². The lowest BCUT2D eigenvalue weighted by Crippen LogP contribution is -2.77. The van der Waals surface area contributed by atoms with Gasteiger partial charge in [-0.05, 0) is 30.6 Å². The second-order valence-corrected chi connectivity index (χ2v) is 9.39. The first-order valence-corrected chi connectivity index (χ1v) is 9.14. The van der Waals surface area contributed by atoms with Crippen LogP contribution in [0.4, 0.5) is 0 Å². The van der Waals surface area contributed by atoms with Crippen LogP contribution < -0.4 is 0 Å². The summed E-state index contributed by atoms with van der Waals surface area (Å²) in [6.07, 6.45) is 0. The average Bonchev–Trinajstić information content (AvgIpc) is 3.23. The molecule has 0 radical (unpaired) electrons. The lowest BCUT2D eigenvalue weighted by molar-refractivity contribution is -0.282. The van der Waals surface area contributed by atoms with Crippen LogP contribution in [-0.2, 0) is 23.7 Å². The molecule has 118 valence electrons. The Labute approximate surface area is 136 Å². The fourth-order valence-corrected chi connectivity index (χ4v) is 10.2. The maximum atomic E-state index is 12.8. The van der Waals surface area contributed by atoms with Crippen molar-refractivity contribution in [3.05, 3.63) is 0 Å². The Morgan fingerprint density at radius 2 is 1.27 bits per heavy atom. The predicted octanol–water partition coefficient (Wildman–Crippen LogP) is 0.947. The molecule has 8 aliphatic rings. The van der Waals surface area contributed by atoms with Gasteiger partial charge in [-0.25, -0.2) is 0 Å². The summed E-state index contributed by atoms with van der Waals surface area (Å²) in [6.45, 7) is 4.23. The molecule has 22 heavy (non-hydrogen) atoms. The molecule has 0 aromatic rings. The third-order valence-corrected chi connectivity index (χ3v) is 9.96. The molecule has 8 rings (SSSR count). The molecule has 6 aliphatic carbocycles. The molecule has 8 fully saturated rings. The molecular weight excluding hydrogens is 352 g/mol. The fraction of sp³-hybridized carbons (Fsp3) is 0.938. The van der Waals surface area contributed by atoms with Gasteiger partial charge in [0.25, 0.3) is 0 Å². The zero-order valence-corrected chi connectivity index (χ0v) is 13.8. The van der Waals surface area contributed by atoms with Crippen molar-refractivity contribution in [1.82, 2.24) is 0 Å². The van der Waals surface area contributed by atoms with Crippen LogP contribution in [0, 0.1) is 40.9 Å². The molecule has 0 aromatic heterocycles. The van der Waals surface area contributed by atoms with E-state index in [1.807, 2.05) is 0 Å². The first-order chi connectivity index (χ1) is 10.6. The molecule has 0 amide bonds. The lowest BCUT2D eigenvalue weighted by atomic mass is 9.34. The monoisotopic (exact) mass is 368 g/mol. The average molecular weight is 369 g/mol. The Balaban J connectivity index is 1.54. The van der Waals surface area contributed by atoms with Crippen LogP contribution in [0.2, 0.25) is 0 Å². The highest BCUT2D eigenvalue weighted by Gasteiger charge is 3.09. The van der Waals surface area contributed by atoms with Crippen LogP contribution in [-0.4, -0.2) is 48.1 Å². The van der Waals surface area contributed by atoms with Gasteiger partial charge in [-0.1, -0.05) is 15.9 Å². The van der Waals surface area contributed by atoms with E-state index in [2.05, 4.69) is 15.9 Å². The van der Waals surface area contributed by atoms with Crippen molar-refractivity contribution in [1.29, 1.82) is 0 Å².